The third-order valence-corrected chi connectivity index (χ3v) is 14.7. The van der Waals surface area contributed by atoms with Crippen LogP contribution in [0.4, 0.5) is 0 Å². The molecule has 0 amide bonds. The minimum atomic E-state index is -1.82. The maximum absolute atomic E-state index is 12.7. The number of aliphatic hydroxyl groups excluding tert-OH is 12. The van der Waals surface area contributed by atoms with Gasteiger partial charge in [-0.3, -0.25) is 0 Å². The summed E-state index contributed by atoms with van der Waals surface area (Å²) in [6.07, 6.45) is -21.1. The highest BCUT2D eigenvalue weighted by Crippen LogP contribution is 2.44. The van der Waals surface area contributed by atoms with E-state index < -0.39 is 160 Å². The van der Waals surface area contributed by atoms with Gasteiger partial charge >= 0.3 is 5.97 Å². The van der Waals surface area contributed by atoms with E-state index in [4.69, 9.17) is 42.6 Å². The van der Waals surface area contributed by atoms with Crippen LogP contribution < -0.4 is 0 Å². The minimum Gasteiger partial charge on any atom is -0.454 e. The number of fused-ring (bicyclic) bond motifs is 1. The Morgan fingerprint density at radius 1 is 0.646 bits per heavy atom. The van der Waals surface area contributed by atoms with E-state index in [-0.39, 0.29) is 37.2 Å². The van der Waals surface area contributed by atoms with Gasteiger partial charge in [-0.25, -0.2) is 4.79 Å². The van der Waals surface area contributed by atoms with Gasteiger partial charge in [0.25, 0.3) is 0 Å². The molecule has 0 radical (unpaired) electrons. The lowest BCUT2D eigenvalue weighted by Gasteiger charge is -2.50. The lowest BCUT2D eigenvalue weighted by Crippen LogP contribution is -2.64. The maximum Gasteiger partial charge on any atom is 0.330 e. The number of rotatable bonds is 13. The van der Waals surface area contributed by atoms with E-state index in [1.165, 1.54) is 20.1 Å². The van der Waals surface area contributed by atoms with Crippen LogP contribution in [0.25, 0.3) is 0 Å². The Hall–Kier alpha value is -1.59. The molecule has 3 saturated carbocycles. The Balaban J connectivity index is 1.02. The lowest BCUT2D eigenvalue weighted by atomic mass is 9.72. The van der Waals surface area contributed by atoms with Crippen molar-refractivity contribution in [3.05, 3.63) is 12.2 Å². The molecule has 7 aliphatic rings. The van der Waals surface area contributed by atoms with Crippen LogP contribution in [0.3, 0.4) is 0 Å². The predicted octanol–water partition coefficient (Wildman–Crippen LogP) is -4.52. The standard InChI is InChI=1S/C43H70O22/c1-17-39(65-30(48)10-5-18-3-7-20(45)8-4-18)35(53)38(56)41(59-17)58-16-29-32(50)34(52)37(55)43(64-29)62-27-14-22-24(60-40(27)19-6-9-23(47)26(11-19)57-2)12-21(46)13-25(22)61-42-36(54)33(51)31(49)28(15-44)63-42/h5,10,17-29,31-47,49-56H,3-4,6-9,11-16H2,1-2H3/p+1. The average molecular weight is 940 g/mol. The molecule has 374 valence electrons. The van der Waals surface area contributed by atoms with Crippen LogP contribution in [0.2, 0.25) is 0 Å². The SMILES string of the molecule is COC1CC(C2[OH+]C3CC(O)CC(OC4OC(CO)C(O)C(O)C4O)C3CC2OC2OC(COC3OC(C)C(OC(=O)C=CC4CCC(O)CC4)C(O)C3O)C(O)C(O)C2O)CCC1O. The molecule has 0 aromatic rings. The summed E-state index contributed by atoms with van der Waals surface area (Å²) < 4.78 is 52.2. The summed E-state index contributed by atoms with van der Waals surface area (Å²) in [7, 11) is 1.50. The summed E-state index contributed by atoms with van der Waals surface area (Å²) in [5.41, 5.74) is 0. The van der Waals surface area contributed by atoms with Gasteiger partial charge in [-0.1, -0.05) is 6.08 Å². The Morgan fingerprint density at radius 3 is 1.94 bits per heavy atom. The van der Waals surface area contributed by atoms with E-state index >= 15 is 0 Å². The van der Waals surface area contributed by atoms with Crippen LogP contribution in [-0.2, 0) is 42.7 Å². The van der Waals surface area contributed by atoms with Crippen LogP contribution in [0.5, 0.6) is 0 Å². The molecule has 22 nitrogen and oxygen atoms in total. The fourth-order valence-corrected chi connectivity index (χ4v) is 10.7. The molecule has 24 unspecified atom stereocenters. The Morgan fingerprint density at radius 2 is 1.28 bits per heavy atom. The fraction of sp³-hybridized carbons (Fsp3) is 0.930. The van der Waals surface area contributed by atoms with Gasteiger partial charge in [0.15, 0.2) is 37.2 Å². The average Bonchev–Trinajstić information content (AvgIpc) is 3.29. The third kappa shape index (κ3) is 11.7. The molecule has 0 bridgehead atoms. The van der Waals surface area contributed by atoms with Crippen LogP contribution in [0, 0.1) is 17.8 Å². The molecule has 4 heterocycles. The van der Waals surface area contributed by atoms with E-state index in [2.05, 4.69) is 0 Å². The van der Waals surface area contributed by atoms with E-state index in [0.29, 0.717) is 44.9 Å². The van der Waals surface area contributed by atoms with E-state index in [9.17, 15) is 66.1 Å². The summed E-state index contributed by atoms with van der Waals surface area (Å²) in [6, 6.07) is 0. The van der Waals surface area contributed by atoms with Crippen LogP contribution in [0.1, 0.15) is 71.1 Å². The number of hydrogen-bond donors (Lipinski definition) is 12. The highest BCUT2D eigenvalue weighted by Gasteiger charge is 2.57. The molecule has 22 heteroatoms. The van der Waals surface area contributed by atoms with Crippen molar-refractivity contribution in [1.82, 2.24) is 0 Å². The zero-order valence-corrected chi connectivity index (χ0v) is 36.6. The molecule has 13 N–H and O–H groups in total. The zero-order valence-electron chi connectivity index (χ0n) is 36.6. The van der Waals surface area contributed by atoms with Gasteiger partial charge in [-0.05, 0) is 64.2 Å². The second kappa shape index (κ2) is 22.4. The number of hydrogen-bond acceptors (Lipinski definition) is 21. The molecular formula is C43H71O22+. The molecule has 0 aromatic heterocycles. The molecule has 4 aliphatic heterocycles. The topological polar surface area (TPSA) is 346 Å². The first-order valence-electron chi connectivity index (χ1n) is 23.1. The van der Waals surface area contributed by atoms with Crippen molar-refractivity contribution in [2.24, 2.45) is 17.8 Å². The second-order valence-corrected chi connectivity index (χ2v) is 19.1. The van der Waals surface area contributed by atoms with Crippen LogP contribution in [0.15, 0.2) is 12.2 Å². The number of aliphatic hydroxyl groups is 14. The minimum absolute atomic E-state index is 0.0623. The molecule has 24 atom stereocenters. The van der Waals surface area contributed by atoms with Crippen molar-refractivity contribution in [2.75, 3.05) is 20.3 Å². The number of carbonyl (C=O) groups is 1. The van der Waals surface area contributed by atoms with E-state index in [1.807, 2.05) is 0 Å². The van der Waals surface area contributed by atoms with Gasteiger partial charge in [0.05, 0.1) is 55.8 Å². The largest absolute Gasteiger partial charge is 0.454 e. The molecule has 0 aromatic carbocycles. The quantitative estimate of drug-likeness (QED) is 0.0470. The first-order valence-corrected chi connectivity index (χ1v) is 23.1. The molecule has 0 spiro atoms. The third-order valence-electron chi connectivity index (χ3n) is 14.7. The van der Waals surface area contributed by atoms with Gasteiger partial charge in [0.1, 0.15) is 67.1 Å². The van der Waals surface area contributed by atoms with Crippen molar-refractivity contribution in [1.29, 1.82) is 0 Å². The van der Waals surface area contributed by atoms with Gasteiger partial charge in [0, 0.05) is 31.9 Å². The van der Waals surface area contributed by atoms with Crippen molar-refractivity contribution >= 4 is 5.97 Å². The summed E-state index contributed by atoms with van der Waals surface area (Å²) in [5, 5.41) is 128. The monoisotopic (exact) mass is 939 g/mol. The Kier molecular flexibility index (Phi) is 17.7. The molecule has 7 rings (SSSR count). The molecule has 3 aliphatic carbocycles. The molecule has 4 saturated heterocycles. The smallest absolute Gasteiger partial charge is 0.330 e. The molecule has 7 fully saturated rings. The van der Waals surface area contributed by atoms with Crippen molar-refractivity contribution in [3.63, 3.8) is 0 Å². The summed E-state index contributed by atoms with van der Waals surface area (Å²) in [4.78, 5) is 12.7. The normalized spacial score (nSPS) is 51.0. The molecular weight excluding hydrogens is 868 g/mol. The second-order valence-electron chi connectivity index (χ2n) is 19.1. The summed E-state index contributed by atoms with van der Waals surface area (Å²) >= 11 is 0. The Labute approximate surface area is 376 Å². The zero-order chi connectivity index (χ0) is 46.9. The highest BCUT2D eigenvalue weighted by atomic mass is 16.7. The molecule has 65 heavy (non-hydrogen) atoms. The van der Waals surface area contributed by atoms with Crippen molar-refractivity contribution in [2.45, 2.75) is 212 Å². The van der Waals surface area contributed by atoms with Crippen molar-refractivity contribution < 1.29 is 109 Å². The predicted molar refractivity (Wildman–Crippen MR) is 217 cm³/mol. The van der Waals surface area contributed by atoms with E-state index in [1.54, 1.807) is 6.08 Å². The first-order chi connectivity index (χ1) is 31.0. The van der Waals surface area contributed by atoms with Crippen LogP contribution in [-0.4, -0.2) is 233 Å². The summed E-state index contributed by atoms with van der Waals surface area (Å²) in [6.45, 7) is 0.295. The maximum atomic E-state index is 12.7. The van der Waals surface area contributed by atoms with Gasteiger partial charge in [0.2, 0.25) is 0 Å². The number of allylic oxidation sites excluding steroid dienone is 1. The van der Waals surface area contributed by atoms with Crippen LogP contribution >= 0.6 is 0 Å². The van der Waals surface area contributed by atoms with Gasteiger partial charge in [-0.15, -0.1) is 0 Å². The lowest BCUT2D eigenvalue weighted by molar-refractivity contribution is -0.370. The summed E-state index contributed by atoms with van der Waals surface area (Å²) in [5.74, 6) is -1.40. The Bertz CT molecular complexity index is 1530. The number of methoxy groups -OCH3 is 1. The number of ether oxygens (including phenoxy) is 9. The highest BCUT2D eigenvalue weighted by molar-refractivity contribution is 5.82. The first kappa shape index (κ1) is 51.3. The van der Waals surface area contributed by atoms with E-state index in [0.717, 1.165) is 0 Å². The van der Waals surface area contributed by atoms with Crippen molar-refractivity contribution in [3.8, 4) is 0 Å². The number of carbonyl (C=O) groups excluding carboxylic acids is 1. The number of esters is 1. The van der Waals surface area contributed by atoms with Gasteiger partial charge in [-0.2, -0.15) is 0 Å². The van der Waals surface area contributed by atoms with Gasteiger partial charge < -0.3 is 104 Å². The fourth-order valence-electron chi connectivity index (χ4n) is 10.7.